The average molecular weight is 420 g/mol. The number of anilines is 1. The molecule has 2 aromatic carbocycles. The second kappa shape index (κ2) is 10.9. The molecule has 0 atom stereocenters. The van der Waals surface area contributed by atoms with Crippen molar-refractivity contribution >= 4 is 35.3 Å². The maximum absolute atomic E-state index is 12.0. The van der Waals surface area contributed by atoms with Gasteiger partial charge in [-0.25, -0.2) is 5.43 Å². The molecule has 29 heavy (non-hydrogen) atoms. The number of carbonyl (C=O) groups excluding carboxylic acids is 2. The van der Waals surface area contributed by atoms with E-state index in [4.69, 9.17) is 25.8 Å². The summed E-state index contributed by atoms with van der Waals surface area (Å²) in [7, 11) is 2.96. The highest BCUT2D eigenvalue weighted by Gasteiger charge is 2.15. The van der Waals surface area contributed by atoms with Crippen molar-refractivity contribution in [2.24, 2.45) is 5.10 Å². The van der Waals surface area contributed by atoms with E-state index in [1.807, 2.05) is 6.92 Å². The molecule has 2 aromatic rings. The quantitative estimate of drug-likeness (QED) is 0.389. The van der Waals surface area contributed by atoms with E-state index >= 15 is 0 Å². The largest absolute Gasteiger partial charge is 0.495 e. The van der Waals surface area contributed by atoms with Crippen LogP contribution < -0.4 is 25.0 Å². The molecule has 9 heteroatoms. The van der Waals surface area contributed by atoms with Crippen molar-refractivity contribution in [1.29, 1.82) is 0 Å². The minimum absolute atomic E-state index is 0.347. The van der Waals surface area contributed by atoms with E-state index in [0.29, 0.717) is 40.1 Å². The second-order valence-electron chi connectivity index (χ2n) is 5.74. The zero-order valence-corrected chi connectivity index (χ0v) is 17.1. The van der Waals surface area contributed by atoms with E-state index in [1.54, 1.807) is 36.4 Å². The normalized spacial score (nSPS) is 10.5. The number of hydrazone groups is 1. The van der Waals surface area contributed by atoms with Crippen LogP contribution in [0.1, 0.15) is 18.9 Å². The van der Waals surface area contributed by atoms with Crippen LogP contribution in [0, 0.1) is 0 Å². The van der Waals surface area contributed by atoms with Gasteiger partial charge >= 0.3 is 11.8 Å². The number of benzene rings is 2. The standard InChI is InChI=1S/C20H22ClN3O5/c1-4-9-29-18-14(21)10-13(11-17(18)28-3)12-22-24-20(26)19(25)23-15-7-5-6-8-16(15)27-2/h5-8,10-12H,4,9H2,1-3H3,(H,23,25)(H,24,26)/b22-12-. The van der Waals surface area contributed by atoms with Crippen LogP contribution in [0.4, 0.5) is 5.69 Å². The summed E-state index contributed by atoms with van der Waals surface area (Å²) in [5.41, 5.74) is 3.09. The number of hydrogen-bond acceptors (Lipinski definition) is 6. The van der Waals surface area contributed by atoms with E-state index in [1.165, 1.54) is 20.4 Å². The number of nitrogens with zero attached hydrogens (tertiary/aromatic N) is 1. The zero-order chi connectivity index (χ0) is 21.2. The third kappa shape index (κ3) is 6.11. The first kappa shape index (κ1) is 22.0. The highest BCUT2D eigenvalue weighted by Crippen LogP contribution is 2.36. The minimum Gasteiger partial charge on any atom is -0.495 e. The summed E-state index contributed by atoms with van der Waals surface area (Å²) >= 11 is 6.23. The Labute approximate surface area is 173 Å². The van der Waals surface area contributed by atoms with Crippen molar-refractivity contribution in [2.45, 2.75) is 13.3 Å². The number of ether oxygens (including phenoxy) is 3. The van der Waals surface area contributed by atoms with Crippen LogP contribution in [0.25, 0.3) is 0 Å². The fourth-order valence-corrected chi connectivity index (χ4v) is 2.58. The van der Waals surface area contributed by atoms with Crippen LogP contribution in [-0.2, 0) is 9.59 Å². The Balaban J connectivity index is 2.02. The van der Waals surface area contributed by atoms with Gasteiger partial charge in [0, 0.05) is 0 Å². The Kier molecular flexibility index (Phi) is 8.29. The molecule has 0 aliphatic carbocycles. The number of nitrogens with one attached hydrogen (secondary N) is 2. The van der Waals surface area contributed by atoms with E-state index in [9.17, 15) is 9.59 Å². The number of rotatable bonds is 8. The summed E-state index contributed by atoms with van der Waals surface area (Å²) in [6.45, 7) is 2.48. The fourth-order valence-electron chi connectivity index (χ4n) is 2.30. The Bertz CT molecular complexity index is 902. The van der Waals surface area contributed by atoms with E-state index in [-0.39, 0.29) is 0 Å². The fraction of sp³-hybridized carbons (Fsp3) is 0.250. The Morgan fingerprint density at radius 3 is 2.52 bits per heavy atom. The number of para-hydroxylation sites is 2. The van der Waals surface area contributed by atoms with Crippen molar-refractivity contribution in [1.82, 2.24) is 5.43 Å². The minimum atomic E-state index is -0.937. The van der Waals surface area contributed by atoms with Gasteiger partial charge in [0.2, 0.25) is 0 Å². The summed E-state index contributed by atoms with van der Waals surface area (Å²) in [5, 5.41) is 6.59. The molecular formula is C20H22ClN3O5. The third-order valence-electron chi connectivity index (χ3n) is 3.64. The number of hydrogen-bond donors (Lipinski definition) is 2. The first-order valence-corrected chi connectivity index (χ1v) is 9.15. The molecule has 0 fully saturated rings. The second-order valence-corrected chi connectivity index (χ2v) is 6.14. The van der Waals surface area contributed by atoms with Crippen LogP contribution in [0.15, 0.2) is 41.5 Å². The third-order valence-corrected chi connectivity index (χ3v) is 3.92. The van der Waals surface area contributed by atoms with Gasteiger partial charge in [0.25, 0.3) is 0 Å². The molecule has 0 radical (unpaired) electrons. The number of halogens is 1. The van der Waals surface area contributed by atoms with Gasteiger partial charge in [0.1, 0.15) is 5.75 Å². The van der Waals surface area contributed by atoms with Gasteiger partial charge in [-0.1, -0.05) is 30.7 Å². The molecule has 2 rings (SSSR count). The summed E-state index contributed by atoms with van der Waals surface area (Å²) in [4.78, 5) is 24.0. The van der Waals surface area contributed by atoms with Gasteiger partial charge in [-0.3, -0.25) is 9.59 Å². The first-order chi connectivity index (χ1) is 14.0. The van der Waals surface area contributed by atoms with Crippen LogP contribution in [0.5, 0.6) is 17.2 Å². The zero-order valence-electron chi connectivity index (χ0n) is 16.3. The molecule has 0 saturated carbocycles. The Morgan fingerprint density at radius 1 is 1.10 bits per heavy atom. The molecule has 8 nitrogen and oxygen atoms in total. The number of amides is 2. The van der Waals surface area contributed by atoms with Gasteiger partial charge in [-0.05, 0) is 36.2 Å². The summed E-state index contributed by atoms with van der Waals surface area (Å²) in [6, 6.07) is 10.00. The van der Waals surface area contributed by atoms with E-state index in [2.05, 4.69) is 15.8 Å². The van der Waals surface area contributed by atoms with E-state index in [0.717, 1.165) is 6.42 Å². The van der Waals surface area contributed by atoms with Crippen LogP contribution >= 0.6 is 11.6 Å². The topological polar surface area (TPSA) is 98.2 Å². The van der Waals surface area contributed by atoms with Gasteiger partial charge < -0.3 is 19.5 Å². The summed E-state index contributed by atoms with van der Waals surface area (Å²) < 4.78 is 16.0. The van der Waals surface area contributed by atoms with Gasteiger partial charge in [0.05, 0.1) is 37.8 Å². The smallest absolute Gasteiger partial charge is 0.329 e. The maximum Gasteiger partial charge on any atom is 0.329 e. The van der Waals surface area contributed by atoms with Crippen LogP contribution in [-0.4, -0.2) is 38.9 Å². The molecule has 0 saturated heterocycles. The van der Waals surface area contributed by atoms with Gasteiger partial charge in [-0.2, -0.15) is 5.10 Å². The first-order valence-electron chi connectivity index (χ1n) is 8.77. The highest BCUT2D eigenvalue weighted by molar-refractivity contribution is 6.39. The molecular weight excluding hydrogens is 398 g/mol. The predicted molar refractivity (Wildman–Crippen MR) is 111 cm³/mol. The molecule has 0 heterocycles. The van der Waals surface area contributed by atoms with Gasteiger partial charge in [0.15, 0.2) is 11.5 Å². The van der Waals surface area contributed by atoms with Crippen molar-refractivity contribution in [3.63, 3.8) is 0 Å². The van der Waals surface area contributed by atoms with E-state index < -0.39 is 11.8 Å². The van der Waals surface area contributed by atoms with Crippen molar-refractivity contribution in [3.8, 4) is 17.2 Å². The number of methoxy groups -OCH3 is 2. The molecule has 0 aliphatic heterocycles. The summed E-state index contributed by atoms with van der Waals surface area (Å²) in [6.07, 6.45) is 2.16. The average Bonchev–Trinajstić information content (AvgIpc) is 2.72. The lowest BCUT2D eigenvalue weighted by atomic mass is 10.2. The number of carbonyl (C=O) groups is 2. The molecule has 0 aliphatic rings. The van der Waals surface area contributed by atoms with Crippen molar-refractivity contribution in [3.05, 3.63) is 47.0 Å². The van der Waals surface area contributed by atoms with Gasteiger partial charge in [-0.15, -0.1) is 0 Å². The Hall–Kier alpha value is -3.26. The predicted octanol–water partition coefficient (Wildman–Crippen LogP) is 3.23. The Morgan fingerprint density at radius 2 is 1.83 bits per heavy atom. The lowest BCUT2D eigenvalue weighted by Crippen LogP contribution is -2.32. The lowest BCUT2D eigenvalue weighted by Gasteiger charge is -2.12. The highest BCUT2D eigenvalue weighted by atomic mass is 35.5. The molecule has 0 bridgehead atoms. The van der Waals surface area contributed by atoms with Crippen LogP contribution in [0.3, 0.4) is 0 Å². The monoisotopic (exact) mass is 419 g/mol. The lowest BCUT2D eigenvalue weighted by molar-refractivity contribution is -0.136. The SMILES string of the molecule is CCCOc1c(Cl)cc(/C=N\NC(=O)C(=O)Nc2ccccc2OC)cc1OC. The summed E-state index contributed by atoms with van der Waals surface area (Å²) in [5.74, 6) is -0.510. The van der Waals surface area contributed by atoms with Crippen molar-refractivity contribution in [2.75, 3.05) is 26.1 Å². The maximum atomic E-state index is 12.0. The molecule has 2 amide bonds. The molecule has 154 valence electrons. The van der Waals surface area contributed by atoms with Crippen LogP contribution in [0.2, 0.25) is 5.02 Å². The molecule has 0 unspecified atom stereocenters. The van der Waals surface area contributed by atoms with Crippen molar-refractivity contribution < 1.29 is 23.8 Å². The molecule has 0 aromatic heterocycles. The molecule has 0 spiro atoms. The molecule has 2 N–H and O–H groups in total.